The average Bonchev–Trinajstić information content (AvgIpc) is 3.38. The van der Waals surface area contributed by atoms with Gasteiger partial charge in [-0.2, -0.15) is 0 Å². The van der Waals surface area contributed by atoms with Gasteiger partial charge in [0.2, 0.25) is 0 Å². The summed E-state index contributed by atoms with van der Waals surface area (Å²) < 4.78 is 12.6. The Labute approximate surface area is 263 Å². The summed E-state index contributed by atoms with van der Waals surface area (Å²) in [5, 5.41) is 19.2. The summed E-state index contributed by atoms with van der Waals surface area (Å²) in [5.74, 6) is 2.93. The van der Waals surface area contributed by atoms with Gasteiger partial charge in [0.05, 0.1) is 18.6 Å². The molecule has 0 spiro atoms. The molecule has 45 heavy (non-hydrogen) atoms. The first kappa shape index (κ1) is 28.6. The zero-order valence-electron chi connectivity index (χ0n) is 25.3. The Balaban J connectivity index is 1.37. The summed E-state index contributed by atoms with van der Waals surface area (Å²) in [5.41, 5.74) is 10.3. The van der Waals surface area contributed by atoms with Crippen molar-refractivity contribution in [1.82, 2.24) is 0 Å². The Morgan fingerprint density at radius 3 is 1.36 bits per heavy atom. The second kappa shape index (κ2) is 11.7. The fourth-order valence-corrected chi connectivity index (χ4v) is 6.69. The van der Waals surface area contributed by atoms with Crippen LogP contribution >= 0.6 is 0 Å². The van der Waals surface area contributed by atoms with Crippen LogP contribution in [0.2, 0.25) is 0 Å². The lowest BCUT2D eigenvalue weighted by Gasteiger charge is -2.34. The number of fused-ring (bicyclic) bond motifs is 3. The van der Waals surface area contributed by atoms with Gasteiger partial charge in [-0.05, 0) is 106 Å². The van der Waals surface area contributed by atoms with Crippen LogP contribution in [-0.2, 0) is 18.6 Å². The van der Waals surface area contributed by atoms with Crippen LogP contribution in [0.4, 0.5) is 0 Å². The molecule has 0 amide bonds. The van der Waals surface area contributed by atoms with Crippen molar-refractivity contribution in [3.8, 4) is 34.1 Å². The molecule has 0 heterocycles. The molecule has 4 heteroatoms. The van der Waals surface area contributed by atoms with Crippen LogP contribution < -0.4 is 9.47 Å². The normalized spacial score (nSPS) is 12.8. The predicted octanol–water partition coefficient (Wildman–Crippen LogP) is 9.24. The van der Waals surface area contributed by atoms with E-state index in [1.165, 1.54) is 22.3 Å². The number of hydrogen-bond acceptors (Lipinski definition) is 4. The minimum absolute atomic E-state index is 0.0330. The van der Waals surface area contributed by atoms with Gasteiger partial charge in [0.25, 0.3) is 0 Å². The first-order valence-electron chi connectivity index (χ1n) is 15.2. The number of rotatable bonds is 8. The van der Waals surface area contributed by atoms with Gasteiger partial charge in [-0.15, -0.1) is 0 Å². The van der Waals surface area contributed by atoms with Crippen LogP contribution in [0.25, 0.3) is 11.1 Å². The van der Waals surface area contributed by atoms with Crippen molar-refractivity contribution in [1.29, 1.82) is 0 Å². The zero-order chi connectivity index (χ0) is 31.0. The molecule has 0 saturated carbocycles. The molecule has 0 radical (unpaired) electrons. The Morgan fingerprint density at radius 2 is 0.933 bits per heavy atom. The molecule has 0 bridgehead atoms. The van der Waals surface area contributed by atoms with E-state index >= 15 is 0 Å². The van der Waals surface area contributed by atoms with E-state index in [4.69, 9.17) is 9.47 Å². The van der Waals surface area contributed by atoms with E-state index in [0.29, 0.717) is 11.5 Å². The third-order valence-electron chi connectivity index (χ3n) is 8.79. The molecule has 1 aliphatic rings. The van der Waals surface area contributed by atoms with Crippen LogP contribution in [0, 0.1) is 13.8 Å². The van der Waals surface area contributed by atoms with Gasteiger partial charge in [0.1, 0.15) is 23.0 Å². The first-order valence-corrected chi connectivity index (χ1v) is 15.2. The lowest BCUT2D eigenvalue weighted by Crippen LogP contribution is -2.28. The summed E-state index contributed by atoms with van der Waals surface area (Å²) >= 11 is 0. The van der Waals surface area contributed by atoms with E-state index < -0.39 is 5.41 Å². The Bertz CT molecular complexity index is 1880. The van der Waals surface area contributed by atoms with E-state index in [0.717, 1.165) is 44.9 Å². The highest BCUT2D eigenvalue weighted by molar-refractivity contribution is 5.86. The lowest BCUT2D eigenvalue weighted by atomic mass is 9.67. The highest BCUT2D eigenvalue weighted by Gasteiger charge is 2.46. The third kappa shape index (κ3) is 4.98. The summed E-state index contributed by atoms with van der Waals surface area (Å²) in [4.78, 5) is 0. The molecule has 0 atom stereocenters. The van der Waals surface area contributed by atoms with Crippen molar-refractivity contribution in [2.24, 2.45) is 0 Å². The zero-order valence-corrected chi connectivity index (χ0v) is 25.3. The SMILES string of the molecule is Cc1cc(C2(c3ccc(Oc4cccc(CO)c4)c(C)c3)c3ccccc3-c3ccccc32)ccc1Oc1cccc(CO)c1. The number of ether oxygens (including phenoxy) is 2. The monoisotopic (exact) mass is 590 g/mol. The minimum Gasteiger partial charge on any atom is -0.457 e. The van der Waals surface area contributed by atoms with Crippen molar-refractivity contribution >= 4 is 0 Å². The van der Waals surface area contributed by atoms with Crippen LogP contribution in [-0.4, -0.2) is 10.2 Å². The second-order valence-corrected chi connectivity index (χ2v) is 11.6. The van der Waals surface area contributed by atoms with E-state index in [-0.39, 0.29) is 13.2 Å². The number of benzene rings is 6. The van der Waals surface area contributed by atoms with E-state index in [1.807, 2.05) is 48.5 Å². The van der Waals surface area contributed by atoms with Gasteiger partial charge in [0.15, 0.2) is 0 Å². The Kier molecular flexibility index (Phi) is 7.46. The van der Waals surface area contributed by atoms with Gasteiger partial charge in [-0.3, -0.25) is 0 Å². The molecule has 4 nitrogen and oxygen atoms in total. The summed E-state index contributed by atoms with van der Waals surface area (Å²) in [6.07, 6.45) is 0. The molecule has 6 aromatic rings. The number of aliphatic hydroxyl groups is 2. The van der Waals surface area contributed by atoms with Crippen LogP contribution in [0.15, 0.2) is 133 Å². The van der Waals surface area contributed by atoms with Crippen molar-refractivity contribution in [3.05, 3.63) is 178 Å². The molecular formula is C41H34O4. The van der Waals surface area contributed by atoms with Gasteiger partial charge in [-0.1, -0.05) is 97.1 Å². The predicted molar refractivity (Wildman–Crippen MR) is 178 cm³/mol. The van der Waals surface area contributed by atoms with Gasteiger partial charge in [0, 0.05) is 0 Å². The molecule has 2 N–H and O–H groups in total. The maximum absolute atomic E-state index is 9.60. The van der Waals surface area contributed by atoms with Crippen LogP contribution in [0.1, 0.15) is 44.5 Å². The fraction of sp³-hybridized carbons (Fsp3) is 0.122. The summed E-state index contributed by atoms with van der Waals surface area (Å²) in [6, 6.07) is 45.4. The van der Waals surface area contributed by atoms with Crippen molar-refractivity contribution in [2.75, 3.05) is 0 Å². The first-order chi connectivity index (χ1) is 22.0. The van der Waals surface area contributed by atoms with Gasteiger partial charge < -0.3 is 19.7 Å². The highest BCUT2D eigenvalue weighted by atomic mass is 16.5. The van der Waals surface area contributed by atoms with E-state index in [2.05, 4.69) is 98.8 Å². The molecular weight excluding hydrogens is 556 g/mol. The summed E-state index contributed by atoms with van der Waals surface area (Å²) in [6.45, 7) is 4.10. The smallest absolute Gasteiger partial charge is 0.130 e. The Hall–Kier alpha value is -5.16. The lowest BCUT2D eigenvalue weighted by molar-refractivity contribution is 0.281. The molecule has 0 aromatic heterocycles. The molecule has 6 aromatic carbocycles. The molecule has 0 aliphatic heterocycles. The third-order valence-corrected chi connectivity index (χ3v) is 8.79. The number of aryl methyl sites for hydroxylation is 2. The molecule has 222 valence electrons. The van der Waals surface area contributed by atoms with Crippen LogP contribution in [0.5, 0.6) is 23.0 Å². The van der Waals surface area contributed by atoms with Gasteiger partial charge in [-0.25, -0.2) is 0 Å². The van der Waals surface area contributed by atoms with E-state index in [9.17, 15) is 10.2 Å². The largest absolute Gasteiger partial charge is 0.457 e. The maximum Gasteiger partial charge on any atom is 0.130 e. The number of hydrogen-bond donors (Lipinski definition) is 2. The van der Waals surface area contributed by atoms with Crippen molar-refractivity contribution < 1.29 is 19.7 Å². The Morgan fingerprint density at radius 1 is 0.489 bits per heavy atom. The van der Waals surface area contributed by atoms with E-state index in [1.54, 1.807) is 0 Å². The minimum atomic E-state index is -0.562. The van der Waals surface area contributed by atoms with Gasteiger partial charge >= 0.3 is 0 Å². The number of aliphatic hydroxyl groups excluding tert-OH is 2. The highest BCUT2D eigenvalue weighted by Crippen LogP contribution is 2.56. The molecule has 1 aliphatic carbocycles. The summed E-state index contributed by atoms with van der Waals surface area (Å²) in [7, 11) is 0. The molecule has 0 unspecified atom stereocenters. The maximum atomic E-state index is 9.60. The second-order valence-electron chi connectivity index (χ2n) is 11.6. The van der Waals surface area contributed by atoms with Crippen molar-refractivity contribution in [2.45, 2.75) is 32.5 Å². The average molecular weight is 591 g/mol. The molecule has 0 fully saturated rings. The molecule has 0 saturated heterocycles. The standard InChI is InChI=1S/C41H34O4/c1-27-21-31(17-19-39(27)44-33-11-7-9-29(23-33)25-42)41(37-15-5-3-13-35(37)36-14-4-6-16-38(36)41)32-18-20-40(28(2)22-32)45-34-12-8-10-30(24-34)26-43/h3-24,42-43H,25-26H2,1-2H3. The van der Waals surface area contributed by atoms with Crippen molar-refractivity contribution in [3.63, 3.8) is 0 Å². The van der Waals surface area contributed by atoms with Crippen LogP contribution in [0.3, 0.4) is 0 Å². The quantitative estimate of drug-likeness (QED) is 0.185. The molecule has 7 rings (SSSR count). The fourth-order valence-electron chi connectivity index (χ4n) is 6.69. The topological polar surface area (TPSA) is 58.9 Å².